The van der Waals surface area contributed by atoms with Gasteiger partial charge in [-0.1, -0.05) is 42.5 Å². The molecule has 0 N–H and O–H groups in total. The molecule has 0 saturated carbocycles. The zero-order valence-electron chi connectivity index (χ0n) is 14.6. The predicted molar refractivity (Wildman–Crippen MR) is 99.2 cm³/mol. The summed E-state index contributed by atoms with van der Waals surface area (Å²) in [6.07, 6.45) is 6.43. The molecule has 1 amide bonds. The first-order valence-corrected chi connectivity index (χ1v) is 8.98. The van der Waals surface area contributed by atoms with Crippen molar-refractivity contribution in [3.05, 3.63) is 66.0 Å². The van der Waals surface area contributed by atoms with E-state index in [9.17, 15) is 4.79 Å². The molecule has 2 heterocycles. The van der Waals surface area contributed by atoms with Gasteiger partial charge >= 0.3 is 0 Å². The van der Waals surface area contributed by atoms with E-state index in [0.717, 1.165) is 24.9 Å². The molecule has 25 heavy (non-hydrogen) atoms. The van der Waals surface area contributed by atoms with E-state index in [4.69, 9.17) is 0 Å². The minimum Gasteiger partial charge on any atom is -0.336 e. The highest BCUT2D eigenvalue weighted by molar-refractivity contribution is 5.87. The van der Waals surface area contributed by atoms with E-state index < -0.39 is 0 Å². The van der Waals surface area contributed by atoms with Crippen molar-refractivity contribution in [2.75, 3.05) is 6.54 Å². The number of carbonyl (C=O) groups excluding carboxylic acids is 1. The Bertz CT molecular complexity index is 894. The Morgan fingerprint density at radius 3 is 2.88 bits per heavy atom. The largest absolute Gasteiger partial charge is 0.336 e. The van der Waals surface area contributed by atoms with Gasteiger partial charge in [0, 0.05) is 25.7 Å². The Kier molecular flexibility index (Phi) is 4.26. The van der Waals surface area contributed by atoms with Gasteiger partial charge in [0.2, 0.25) is 5.91 Å². The summed E-state index contributed by atoms with van der Waals surface area (Å²) >= 11 is 0. The molecule has 0 bridgehead atoms. The van der Waals surface area contributed by atoms with Gasteiger partial charge in [-0.2, -0.15) is 5.10 Å². The van der Waals surface area contributed by atoms with Gasteiger partial charge < -0.3 is 4.90 Å². The number of aromatic nitrogens is 2. The summed E-state index contributed by atoms with van der Waals surface area (Å²) in [5.74, 6) is 0.226. The topological polar surface area (TPSA) is 38.1 Å². The van der Waals surface area contributed by atoms with Crippen molar-refractivity contribution in [1.82, 2.24) is 14.7 Å². The molecule has 1 fully saturated rings. The lowest BCUT2D eigenvalue weighted by Gasteiger charge is -2.26. The van der Waals surface area contributed by atoms with Crippen molar-refractivity contribution in [1.29, 1.82) is 0 Å². The molecular formula is C21H23N3O. The second kappa shape index (κ2) is 6.71. The third-order valence-corrected chi connectivity index (χ3v) is 5.07. The summed E-state index contributed by atoms with van der Waals surface area (Å²) < 4.78 is 1.86. The van der Waals surface area contributed by atoms with Crippen LogP contribution in [0.15, 0.2) is 54.9 Å². The van der Waals surface area contributed by atoms with Crippen LogP contribution in [0.2, 0.25) is 0 Å². The van der Waals surface area contributed by atoms with Crippen LogP contribution in [-0.4, -0.2) is 27.1 Å². The Morgan fingerprint density at radius 2 is 2.04 bits per heavy atom. The fourth-order valence-electron chi connectivity index (χ4n) is 3.87. The number of fused-ring (bicyclic) bond motifs is 1. The van der Waals surface area contributed by atoms with E-state index in [1.54, 1.807) is 0 Å². The summed E-state index contributed by atoms with van der Waals surface area (Å²) in [6.45, 7) is 3.51. The first kappa shape index (κ1) is 15.9. The quantitative estimate of drug-likeness (QED) is 0.721. The van der Waals surface area contributed by atoms with Gasteiger partial charge in [0.15, 0.2) is 0 Å². The smallest absolute Gasteiger partial charge is 0.224 e. The molecule has 0 spiro atoms. The van der Waals surface area contributed by atoms with E-state index in [1.165, 1.54) is 16.3 Å². The maximum absolute atomic E-state index is 12.8. The van der Waals surface area contributed by atoms with E-state index in [1.807, 2.05) is 24.0 Å². The maximum Gasteiger partial charge on any atom is 0.224 e. The number of likely N-dealkylation sites (tertiary alicyclic amines) is 1. The van der Waals surface area contributed by atoms with E-state index in [-0.39, 0.29) is 11.9 Å². The first-order chi connectivity index (χ1) is 12.2. The monoisotopic (exact) mass is 333 g/mol. The zero-order chi connectivity index (χ0) is 17.2. The first-order valence-electron chi connectivity index (χ1n) is 8.98. The SMILES string of the molecule is Cc1cnn(CCC(=O)N2CCCC2c2cccc3ccccc23)c1. The summed E-state index contributed by atoms with van der Waals surface area (Å²) in [5, 5.41) is 6.78. The fourth-order valence-corrected chi connectivity index (χ4v) is 3.87. The lowest BCUT2D eigenvalue weighted by molar-refractivity contribution is -0.132. The van der Waals surface area contributed by atoms with Gasteiger partial charge in [0.25, 0.3) is 0 Å². The molecule has 128 valence electrons. The van der Waals surface area contributed by atoms with E-state index in [0.29, 0.717) is 13.0 Å². The fraction of sp³-hybridized carbons (Fsp3) is 0.333. The van der Waals surface area contributed by atoms with Crippen LogP contribution in [0.5, 0.6) is 0 Å². The zero-order valence-corrected chi connectivity index (χ0v) is 14.6. The summed E-state index contributed by atoms with van der Waals surface area (Å²) in [5.41, 5.74) is 2.40. The molecule has 4 nitrogen and oxygen atoms in total. The molecular weight excluding hydrogens is 310 g/mol. The summed E-state index contributed by atoms with van der Waals surface area (Å²) in [7, 11) is 0. The number of aryl methyl sites for hydroxylation is 2. The van der Waals surface area contributed by atoms with Crippen LogP contribution in [0.1, 0.15) is 36.4 Å². The van der Waals surface area contributed by atoms with E-state index in [2.05, 4.69) is 52.5 Å². The average molecular weight is 333 g/mol. The van der Waals surface area contributed by atoms with Crippen LogP contribution in [-0.2, 0) is 11.3 Å². The minimum absolute atomic E-state index is 0.193. The van der Waals surface area contributed by atoms with Gasteiger partial charge in [0.1, 0.15) is 0 Å². The van der Waals surface area contributed by atoms with Crippen molar-refractivity contribution < 1.29 is 4.79 Å². The maximum atomic E-state index is 12.8. The van der Waals surface area contributed by atoms with Gasteiger partial charge in [-0.05, 0) is 41.7 Å². The molecule has 1 saturated heterocycles. The van der Waals surface area contributed by atoms with Gasteiger partial charge in [-0.3, -0.25) is 9.48 Å². The van der Waals surface area contributed by atoms with Gasteiger partial charge in [-0.15, -0.1) is 0 Å². The van der Waals surface area contributed by atoms with Crippen LogP contribution in [0.25, 0.3) is 10.8 Å². The van der Waals surface area contributed by atoms with Crippen molar-refractivity contribution in [2.45, 2.75) is 38.8 Å². The number of hydrogen-bond donors (Lipinski definition) is 0. The summed E-state index contributed by atoms with van der Waals surface area (Å²) in [6, 6.07) is 15.1. The van der Waals surface area contributed by atoms with E-state index >= 15 is 0 Å². The minimum atomic E-state index is 0.193. The highest BCUT2D eigenvalue weighted by Gasteiger charge is 2.30. The predicted octanol–water partition coefficient (Wildman–Crippen LogP) is 4.10. The van der Waals surface area contributed by atoms with Crippen molar-refractivity contribution >= 4 is 16.7 Å². The molecule has 0 radical (unpaired) electrons. The number of nitrogens with zero attached hydrogens (tertiary/aromatic N) is 3. The highest BCUT2D eigenvalue weighted by atomic mass is 16.2. The Morgan fingerprint density at radius 1 is 1.20 bits per heavy atom. The van der Waals surface area contributed by atoms with Crippen molar-refractivity contribution in [2.24, 2.45) is 0 Å². The van der Waals surface area contributed by atoms with Crippen LogP contribution in [0.4, 0.5) is 0 Å². The second-order valence-electron chi connectivity index (χ2n) is 6.84. The van der Waals surface area contributed by atoms with Gasteiger partial charge in [-0.25, -0.2) is 0 Å². The van der Waals surface area contributed by atoms with Crippen LogP contribution in [0, 0.1) is 6.92 Å². The molecule has 3 aromatic rings. The molecule has 4 heteroatoms. The van der Waals surface area contributed by atoms with Gasteiger partial charge in [0.05, 0.1) is 12.2 Å². The Hall–Kier alpha value is -2.62. The molecule has 1 aliphatic heterocycles. The molecule has 1 atom stereocenters. The second-order valence-corrected chi connectivity index (χ2v) is 6.84. The number of rotatable bonds is 4. The summed E-state index contributed by atoms with van der Waals surface area (Å²) in [4.78, 5) is 14.9. The standard InChI is InChI=1S/C21H23N3O/c1-16-14-22-23(15-16)13-11-21(25)24-12-5-10-20(24)19-9-4-7-17-6-2-3-8-18(17)19/h2-4,6-9,14-15,20H,5,10-13H2,1H3. The van der Waals surface area contributed by atoms with Crippen molar-refractivity contribution in [3.8, 4) is 0 Å². The van der Waals surface area contributed by atoms with Crippen LogP contribution >= 0.6 is 0 Å². The third kappa shape index (κ3) is 3.16. The molecule has 1 unspecified atom stereocenters. The third-order valence-electron chi connectivity index (χ3n) is 5.07. The Labute approximate surface area is 148 Å². The number of amides is 1. The lowest BCUT2D eigenvalue weighted by atomic mass is 9.97. The highest BCUT2D eigenvalue weighted by Crippen LogP contribution is 2.36. The molecule has 4 rings (SSSR count). The normalized spacial score (nSPS) is 17.3. The molecule has 2 aromatic carbocycles. The number of carbonyl (C=O) groups is 1. The lowest BCUT2D eigenvalue weighted by Crippen LogP contribution is -2.31. The number of benzene rings is 2. The van der Waals surface area contributed by atoms with Crippen molar-refractivity contribution in [3.63, 3.8) is 0 Å². The van der Waals surface area contributed by atoms with Crippen LogP contribution < -0.4 is 0 Å². The average Bonchev–Trinajstić information content (AvgIpc) is 3.28. The molecule has 1 aliphatic rings. The Balaban J connectivity index is 1.54. The van der Waals surface area contributed by atoms with Crippen LogP contribution in [0.3, 0.4) is 0 Å². The number of hydrogen-bond acceptors (Lipinski definition) is 2. The molecule has 0 aliphatic carbocycles. The molecule has 1 aromatic heterocycles.